The van der Waals surface area contributed by atoms with E-state index in [1.54, 1.807) is 0 Å². The van der Waals surface area contributed by atoms with Gasteiger partial charge in [0.05, 0.1) is 11.6 Å². The van der Waals surface area contributed by atoms with Crippen LogP contribution in [-0.4, -0.2) is 23.1 Å². The molecule has 0 aromatic heterocycles. The number of hydrogen-bond donors (Lipinski definition) is 3. The number of nitrogens with two attached hydrogens (primary N) is 1. The lowest BCUT2D eigenvalue weighted by molar-refractivity contribution is -0.123. The van der Waals surface area contributed by atoms with E-state index in [1.807, 2.05) is 42.5 Å². The van der Waals surface area contributed by atoms with Crippen LogP contribution in [-0.2, 0) is 4.79 Å². The average Bonchev–Trinajstić information content (AvgIpc) is 3.23. The molecule has 1 unspecified atom stereocenters. The second kappa shape index (κ2) is 6.02. The molecule has 0 aliphatic heterocycles. The van der Waals surface area contributed by atoms with Gasteiger partial charge in [-0.05, 0) is 35.2 Å². The second-order valence-electron chi connectivity index (χ2n) is 5.49. The third kappa shape index (κ3) is 3.35. The van der Waals surface area contributed by atoms with Crippen molar-refractivity contribution < 1.29 is 9.90 Å². The summed E-state index contributed by atoms with van der Waals surface area (Å²) in [6.07, 6.45) is 0.737. The Balaban J connectivity index is 0.00000161. The molecule has 1 fully saturated rings. The highest BCUT2D eigenvalue weighted by atomic mass is 35.5. The van der Waals surface area contributed by atoms with Gasteiger partial charge >= 0.3 is 0 Å². The maximum absolute atomic E-state index is 11.7. The number of carbonyl (C=O) groups excluding carboxylic acids is 1. The summed E-state index contributed by atoms with van der Waals surface area (Å²) in [4.78, 5) is 11.7. The van der Waals surface area contributed by atoms with E-state index in [1.165, 1.54) is 0 Å². The Morgan fingerprint density at radius 1 is 1.24 bits per heavy atom. The molecule has 1 saturated carbocycles. The number of aliphatic hydroxyl groups is 1. The third-order valence-electron chi connectivity index (χ3n) is 3.86. The molecule has 4 N–H and O–H groups in total. The molecule has 1 atom stereocenters. The molecular formula is C16H19ClN2O2. The van der Waals surface area contributed by atoms with Gasteiger partial charge in [0.15, 0.2) is 0 Å². The van der Waals surface area contributed by atoms with Gasteiger partial charge in [-0.3, -0.25) is 4.79 Å². The van der Waals surface area contributed by atoms with Crippen LogP contribution in [0.25, 0.3) is 10.8 Å². The van der Waals surface area contributed by atoms with Crippen LogP contribution in [0.2, 0.25) is 0 Å². The number of nitrogens with one attached hydrogen (secondary N) is 1. The van der Waals surface area contributed by atoms with E-state index in [2.05, 4.69) is 5.32 Å². The van der Waals surface area contributed by atoms with Crippen molar-refractivity contribution in [2.75, 3.05) is 6.54 Å². The first kappa shape index (κ1) is 15.8. The second-order valence-corrected chi connectivity index (χ2v) is 5.49. The smallest absolute Gasteiger partial charge is 0.240 e. The number of hydrogen-bond acceptors (Lipinski definition) is 3. The molecule has 2 aromatic rings. The SMILES string of the molecule is Cl.NC1(C(=O)NCC(O)c2ccc3ccccc3c2)CC1. The van der Waals surface area contributed by atoms with Gasteiger partial charge in [0.2, 0.25) is 5.91 Å². The first-order valence-electron chi connectivity index (χ1n) is 6.82. The predicted octanol–water partition coefficient (Wildman–Crippen LogP) is 1.90. The summed E-state index contributed by atoms with van der Waals surface area (Å²) in [5.74, 6) is -0.169. The van der Waals surface area contributed by atoms with Crippen molar-refractivity contribution in [2.45, 2.75) is 24.5 Å². The topological polar surface area (TPSA) is 75.4 Å². The zero-order valence-electron chi connectivity index (χ0n) is 11.6. The molecule has 1 aliphatic rings. The van der Waals surface area contributed by atoms with Gasteiger partial charge in [0, 0.05) is 6.54 Å². The van der Waals surface area contributed by atoms with E-state index in [9.17, 15) is 9.90 Å². The van der Waals surface area contributed by atoms with E-state index in [0.717, 1.165) is 29.2 Å². The van der Waals surface area contributed by atoms with Crippen molar-refractivity contribution >= 4 is 29.1 Å². The number of halogens is 1. The Hall–Kier alpha value is -1.62. The molecule has 1 amide bonds. The van der Waals surface area contributed by atoms with Crippen LogP contribution in [0.4, 0.5) is 0 Å². The molecule has 4 nitrogen and oxygen atoms in total. The highest BCUT2D eigenvalue weighted by Gasteiger charge is 2.45. The molecule has 5 heteroatoms. The number of rotatable bonds is 4. The fourth-order valence-corrected chi connectivity index (χ4v) is 2.26. The summed E-state index contributed by atoms with van der Waals surface area (Å²) in [6.45, 7) is 0.191. The van der Waals surface area contributed by atoms with Crippen molar-refractivity contribution in [3.63, 3.8) is 0 Å². The molecule has 0 heterocycles. The van der Waals surface area contributed by atoms with Crippen LogP contribution < -0.4 is 11.1 Å². The normalized spacial score (nSPS) is 16.9. The van der Waals surface area contributed by atoms with Gasteiger partial charge in [0.25, 0.3) is 0 Å². The van der Waals surface area contributed by atoms with Gasteiger partial charge in [-0.15, -0.1) is 12.4 Å². The average molecular weight is 307 g/mol. The molecular weight excluding hydrogens is 288 g/mol. The first-order chi connectivity index (χ1) is 9.58. The minimum atomic E-state index is -0.717. The van der Waals surface area contributed by atoms with Gasteiger partial charge in [0.1, 0.15) is 0 Å². The van der Waals surface area contributed by atoms with Crippen molar-refractivity contribution in [1.82, 2.24) is 5.32 Å². The minimum absolute atomic E-state index is 0. The van der Waals surface area contributed by atoms with Gasteiger partial charge in [-0.25, -0.2) is 0 Å². The molecule has 1 aliphatic carbocycles. The zero-order valence-corrected chi connectivity index (χ0v) is 12.4. The van der Waals surface area contributed by atoms with E-state index in [0.29, 0.717) is 0 Å². The molecule has 21 heavy (non-hydrogen) atoms. The van der Waals surface area contributed by atoms with Crippen LogP contribution in [0.5, 0.6) is 0 Å². The fraction of sp³-hybridized carbons (Fsp3) is 0.312. The van der Waals surface area contributed by atoms with E-state index >= 15 is 0 Å². The fourth-order valence-electron chi connectivity index (χ4n) is 2.26. The lowest BCUT2D eigenvalue weighted by atomic mass is 10.0. The number of benzene rings is 2. The zero-order chi connectivity index (χ0) is 14.2. The van der Waals surface area contributed by atoms with E-state index in [-0.39, 0.29) is 24.9 Å². The monoisotopic (exact) mass is 306 g/mol. The molecule has 3 rings (SSSR count). The van der Waals surface area contributed by atoms with Gasteiger partial charge in [-0.1, -0.05) is 36.4 Å². The molecule has 112 valence electrons. The largest absolute Gasteiger partial charge is 0.387 e. The van der Waals surface area contributed by atoms with Gasteiger partial charge < -0.3 is 16.2 Å². The number of carbonyl (C=O) groups is 1. The maximum Gasteiger partial charge on any atom is 0.240 e. The molecule has 0 saturated heterocycles. The summed E-state index contributed by atoms with van der Waals surface area (Å²) >= 11 is 0. The summed E-state index contributed by atoms with van der Waals surface area (Å²) in [6, 6.07) is 13.8. The van der Waals surface area contributed by atoms with Crippen molar-refractivity contribution in [1.29, 1.82) is 0 Å². The molecule has 0 radical (unpaired) electrons. The third-order valence-corrected chi connectivity index (χ3v) is 3.86. The number of amides is 1. The Kier molecular flexibility index (Phi) is 4.52. The predicted molar refractivity (Wildman–Crippen MR) is 85.3 cm³/mol. The van der Waals surface area contributed by atoms with Crippen LogP contribution in [0, 0.1) is 0 Å². The van der Waals surface area contributed by atoms with Crippen LogP contribution in [0.3, 0.4) is 0 Å². The summed E-state index contributed by atoms with van der Waals surface area (Å²) < 4.78 is 0. The van der Waals surface area contributed by atoms with Crippen LogP contribution in [0.1, 0.15) is 24.5 Å². The van der Waals surface area contributed by atoms with Crippen molar-refractivity contribution in [2.24, 2.45) is 5.73 Å². The minimum Gasteiger partial charge on any atom is -0.387 e. The van der Waals surface area contributed by atoms with E-state index < -0.39 is 11.6 Å². The van der Waals surface area contributed by atoms with E-state index in [4.69, 9.17) is 5.73 Å². The summed E-state index contributed by atoms with van der Waals surface area (Å²) in [5, 5.41) is 15.1. The van der Waals surface area contributed by atoms with Gasteiger partial charge in [-0.2, -0.15) is 0 Å². The van der Waals surface area contributed by atoms with Crippen LogP contribution >= 0.6 is 12.4 Å². The number of fused-ring (bicyclic) bond motifs is 1. The first-order valence-corrected chi connectivity index (χ1v) is 6.82. The Bertz CT molecular complexity index is 656. The summed E-state index contributed by atoms with van der Waals surface area (Å²) in [7, 11) is 0. The van der Waals surface area contributed by atoms with Crippen molar-refractivity contribution in [3.05, 3.63) is 48.0 Å². The molecule has 2 aromatic carbocycles. The number of aliphatic hydroxyl groups excluding tert-OH is 1. The standard InChI is InChI=1S/C16H18N2O2.ClH/c17-16(7-8-16)15(20)18-10-14(19)13-6-5-11-3-1-2-4-12(11)9-13;/h1-6,9,14,19H,7-8,10,17H2,(H,18,20);1H. The summed E-state index contributed by atoms with van der Waals surface area (Å²) in [5.41, 5.74) is 5.90. The maximum atomic E-state index is 11.7. The highest BCUT2D eigenvalue weighted by Crippen LogP contribution is 2.32. The lowest BCUT2D eigenvalue weighted by Crippen LogP contribution is -2.44. The molecule has 0 bridgehead atoms. The lowest BCUT2D eigenvalue weighted by Gasteiger charge is -2.15. The highest BCUT2D eigenvalue weighted by molar-refractivity contribution is 5.89. The Morgan fingerprint density at radius 3 is 2.57 bits per heavy atom. The Morgan fingerprint density at radius 2 is 1.90 bits per heavy atom. The quantitative estimate of drug-likeness (QED) is 0.807. The van der Waals surface area contributed by atoms with Crippen LogP contribution in [0.15, 0.2) is 42.5 Å². The van der Waals surface area contributed by atoms with Crippen molar-refractivity contribution in [3.8, 4) is 0 Å². The molecule has 0 spiro atoms. The Labute approximate surface area is 129 Å².